The van der Waals surface area contributed by atoms with Crippen LogP contribution >= 0.6 is 12.2 Å². The van der Waals surface area contributed by atoms with Gasteiger partial charge in [-0.3, -0.25) is 4.68 Å². The average Bonchev–Trinajstić information content (AvgIpc) is 2.85. The minimum absolute atomic E-state index is 0.667. The molecule has 0 saturated carbocycles. The lowest BCUT2D eigenvalue weighted by atomic mass is 10.1. The molecule has 1 aromatic heterocycles. The third-order valence-corrected chi connectivity index (χ3v) is 3.50. The quantitative estimate of drug-likeness (QED) is 0.657. The highest BCUT2D eigenvalue weighted by Gasteiger charge is 2.01. The Kier molecular flexibility index (Phi) is 5.33. The lowest BCUT2D eigenvalue weighted by Gasteiger charge is -2.13. The fourth-order valence-corrected chi connectivity index (χ4v) is 2.28. The van der Waals surface area contributed by atoms with E-state index < -0.39 is 0 Å². The summed E-state index contributed by atoms with van der Waals surface area (Å²) in [6, 6.07) is 6.30. The van der Waals surface area contributed by atoms with Crippen LogP contribution in [0.1, 0.15) is 23.1 Å². The number of nitrogens with one attached hydrogen (secondary N) is 2. The normalized spacial score (nSPS) is 10.4. The van der Waals surface area contributed by atoms with Crippen molar-refractivity contribution < 1.29 is 0 Å². The van der Waals surface area contributed by atoms with Crippen molar-refractivity contribution >= 4 is 23.0 Å². The van der Waals surface area contributed by atoms with Gasteiger partial charge in [0.25, 0.3) is 0 Å². The average molecular weight is 302 g/mol. The van der Waals surface area contributed by atoms with Gasteiger partial charge in [0.05, 0.1) is 6.20 Å². The molecule has 0 radical (unpaired) electrons. The molecule has 2 N–H and O–H groups in total. The van der Waals surface area contributed by atoms with E-state index in [0.29, 0.717) is 5.11 Å². The summed E-state index contributed by atoms with van der Waals surface area (Å²) in [5, 5.41) is 11.4. The third kappa shape index (κ3) is 4.86. The van der Waals surface area contributed by atoms with Crippen LogP contribution in [0.15, 0.2) is 30.6 Å². The monoisotopic (exact) mass is 302 g/mol. The summed E-state index contributed by atoms with van der Waals surface area (Å²) in [5.74, 6) is 0. The van der Waals surface area contributed by atoms with Gasteiger partial charge >= 0.3 is 0 Å². The van der Waals surface area contributed by atoms with E-state index in [4.69, 9.17) is 12.2 Å². The fourth-order valence-electron chi connectivity index (χ4n) is 2.07. The van der Waals surface area contributed by atoms with Crippen molar-refractivity contribution in [1.82, 2.24) is 15.1 Å². The van der Waals surface area contributed by atoms with E-state index in [1.807, 2.05) is 24.0 Å². The molecule has 0 aliphatic rings. The molecule has 5 heteroatoms. The molecule has 2 rings (SSSR count). The number of nitrogens with zero attached hydrogens (tertiary/aromatic N) is 2. The number of aromatic nitrogens is 2. The van der Waals surface area contributed by atoms with Crippen LogP contribution in [0.2, 0.25) is 0 Å². The highest BCUT2D eigenvalue weighted by Crippen LogP contribution is 2.15. The van der Waals surface area contributed by atoms with E-state index in [0.717, 1.165) is 25.2 Å². The van der Waals surface area contributed by atoms with Gasteiger partial charge < -0.3 is 10.6 Å². The maximum Gasteiger partial charge on any atom is 0.170 e. The topological polar surface area (TPSA) is 41.9 Å². The van der Waals surface area contributed by atoms with E-state index >= 15 is 0 Å². The minimum Gasteiger partial charge on any atom is -0.362 e. The summed E-state index contributed by atoms with van der Waals surface area (Å²) >= 11 is 5.33. The summed E-state index contributed by atoms with van der Waals surface area (Å²) < 4.78 is 1.96. The van der Waals surface area contributed by atoms with Gasteiger partial charge in [-0.1, -0.05) is 12.1 Å². The first-order chi connectivity index (χ1) is 10.0. The Hall–Kier alpha value is -1.88. The van der Waals surface area contributed by atoms with Gasteiger partial charge in [-0.25, -0.2) is 0 Å². The smallest absolute Gasteiger partial charge is 0.170 e. The number of thiocarbonyl (C=S) groups is 1. The second-order valence-electron chi connectivity index (χ2n) is 5.33. The van der Waals surface area contributed by atoms with Crippen LogP contribution in [0.4, 0.5) is 5.69 Å². The molecule has 0 atom stereocenters. The van der Waals surface area contributed by atoms with Crippen molar-refractivity contribution in [3.63, 3.8) is 0 Å². The zero-order valence-corrected chi connectivity index (χ0v) is 13.6. The highest BCUT2D eigenvalue weighted by molar-refractivity contribution is 7.80. The molecule has 21 heavy (non-hydrogen) atoms. The molecule has 112 valence electrons. The summed E-state index contributed by atoms with van der Waals surface area (Å²) in [5.41, 5.74) is 4.67. The van der Waals surface area contributed by atoms with E-state index in [1.165, 1.54) is 16.7 Å². The second kappa shape index (κ2) is 7.22. The van der Waals surface area contributed by atoms with E-state index in [1.54, 1.807) is 0 Å². The van der Waals surface area contributed by atoms with Crippen molar-refractivity contribution in [2.45, 2.75) is 33.7 Å². The Bertz CT molecular complexity index is 618. The van der Waals surface area contributed by atoms with Gasteiger partial charge in [-0.2, -0.15) is 5.10 Å². The molecular formula is C16H22N4S. The van der Waals surface area contributed by atoms with Crippen LogP contribution in [-0.2, 0) is 6.54 Å². The van der Waals surface area contributed by atoms with E-state index in [-0.39, 0.29) is 0 Å². The van der Waals surface area contributed by atoms with E-state index in [9.17, 15) is 0 Å². The highest BCUT2D eigenvalue weighted by atomic mass is 32.1. The predicted molar refractivity (Wildman–Crippen MR) is 91.7 cm³/mol. The van der Waals surface area contributed by atoms with Gasteiger partial charge in [0.1, 0.15) is 0 Å². The summed E-state index contributed by atoms with van der Waals surface area (Å²) in [6.07, 6.45) is 4.91. The first-order valence-electron chi connectivity index (χ1n) is 7.16. The summed E-state index contributed by atoms with van der Waals surface area (Å²) in [7, 11) is 0. The Morgan fingerprint density at radius 2 is 2.05 bits per heavy atom. The minimum atomic E-state index is 0.667. The van der Waals surface area contributed by atoms with Crippen LogP contribution in [0.5, 0.6) is 0 Å². The van der Waals surface area contributed by atoms with Gasteiger partial charge in [0.2, 0.25) is 0 Å². The molecule has 0 aliphatic carbocycles. The number of benzene rings is 1. The zero-order chi connectivity index (χ0) is 15.2. The van der Waals surface area contributed by atoms with Crippen LogP contribution < -0.4 is 10.6 Å². The zero-order valence-electron chi connectivity index (χ0n) is 12.8. The molecule has 0 fully saturated rings. The first kappa shape index (κ1) is 15.5. The molecule has 1 aromatic carbocycles. The third-order valence-electron chi connectivity index (χ3n) is 3.25. The largest absolute Gasteiger partial charge is 0.362 e. The fraction of sp³-hybridized carbons (Fsp3) is 0.375. The molecule has 0 unspecified atom stereocenters. The van der Waals surface area contributed by atoms with Crippen molar-refractivity contribution in [1.29, 1.82) is 0 Å². The molecule has 0 amide bonds. The van der Waals surface area contributed by atoms with Gasteiger partial charge in [-0.05, 0) is 62.2 Å². The second-order valence-corrected chi connectivity index (χ2v) is 5.74. The molecule has 4 nitrogen and oxygen atoms in total. The maximum absolute atomic E-state index is 5.33. The Morgan fingerprint density at radius 1 is 1.24 bits per heavy atom. The Labute approximate surface area is 131 Å². The molecule has 1 heterocycles. The molecular weight excluding hydrogens is 280 g/mol. The molecule has 2 aromatic rings. The number of hydrogen-bond acceptors (Lipinski definition) is 2. The maximum atomic E-state index is 5.33. The predicted octanol–water partition coefficient (Wildman–Crippen LogP) is 3.19. The Morgan fingerprint density at radius 3 is 2.76 bits per heavy atom. The lowest BCUT2D eigenvalue weighted by molar-refractivity contribution is 0.573. The first-order valence-corrected chi connectivity index (χ1v) is 7.56. The molecule has 0 aliphatic heterocycles. The summed E-state index contributed by atoms with van der Waals surface area (Å²) in [6.45, 7) is 7.92. The van der Waals surface area contributed by atoms with Crippen LogP contribution in [0.25, 0.3) is 0 Å². The number of hydrogen-bond donors (Lipinski definition) is 2. The van der Waals surface area contributed by atoms with Gasteiger partial charge in [0, 0.05) is 25.0 Å². The number of aryl methyl sites for hydroxylation is 4. The number of rotatable bonds is 5. The van der Waals surface area contributed by atoms with Crippen LogP contribution in [0, 0.1) is 20.8 Å². The van der Waals surface area contributed by atoms with Gasteiger partial charge in [-0.15, -0.1) is 0 Å². The van der Waals surface area contributed by atoms with Crippen molar-refractivity contribution in [2.75, 3.05) is 11.9 Å². The lowest BCUT2D eigenvalue weighted by Crippen LogP contribution is -2.30. The van der Waals surface area contributed by atoms with Crippen molar-refractivity contribution in [3.05, 3.63) is 47.3 Å². The van der Waals surface area contributed by atoms with Crippen molar-refractivity contribution in [3.8, 4) is 0 Å². The van der Waals surface area contributed by atoms with Gasteiger partial charge in [0.15, 0.2) is 5.11 Å². The number of anilines is 1. The van der Waals surface area contributed by atoms with Crippen LogP contribution in [0.3, 0.4) is 0 Å². The van der Waals surface area contributed by atoms with Crippen LogP contribution in [-0.4, -0.2) is 21.4 Å². The standard InChI is InChI=1S/C16H22N4S/c1-12-5-6-14(3)15(9-12)19-16(21)17-7-4-8-20-11-13(2)10-18-20/h5-6,9-11H,4,7-8H2,1-3H3,(H2,17,19,21). The Balaban J connectivity index is 1.73. The SMILES string of the molecule is Cc1ccc(C)c(NC(=S)NCCCn2cc(C)cn2)c1. The molecule has 0 spiro atoms. The summed E-state index contributed by atoms with van der Waals surface area (Å²) in [4.78, 5) is 0. The molecule has 0 bridgehead atoms. The van der Waals surface area contributed by atoms with E-state index in [2.05, 4.69) is 47.8 Å². The van der Waals surface area contributed by atoms with Crippen molar-refractivity contribution in [2.24, 2.45) is 0 Å². The molecule has 0 saturated heterocycles.